The molecule has 0 unspecified atom stereocenters. The van der Waals surface area contributed by atoms with Crippen LogP contribution in [0.5, 0.6) is 0 Å². The SMILES string of the molecule is CC(C)n1ncc(Br)c1C(=O)c1ccncc1Cl. The lowest BCUT2D eigenvalue weighted by molar-refractivity contribution is 0.102. The second-order valence-electron chi connectivity index (χ2n) is 4.06. The van der Waals surface area contributed by atoms with Crippen molar-refractivity contribution in [3.8, 4) is 0 Å². The Labute approximate surface area is 118 Å². The van der Waals surface area contributed by atoms with E-state index in [9.17, 15) is 4.79 Å². The van der Waals surface area contributed by atoms with Gasteiger partial charge in [0.05, 0.1) is 15.7 Å². The molecule has 2 aromatic heterocycles. The first-order valence-corrected chi connectivity index (χ1v) is 6.56. The van der Waals surface area contributed by atoms with Gasteiger partial charge in [0.25, 0.3) is 0 Å². The number of hydrogen-bond acceptors (Lipinski definition) is 3. The highest BCUT2D eigenvalue weighted by Crippen LogP contribution is 2.25. The summed E-state index contributed by atoms with van der Waals surface area (Å²) in [5.41, 5.74) is 0.924. The summed E-state index contributed by atoms with van der Waals surface area (Å²) in [6, 6.07) is 1.70. The van der Waals surface area contributed by atoms with Gasteiger partial charge in [0, 0.05) is 24.0 Å². The van der Waals surface area contributed by atoms with Crippen molar-refractivity contribution >= 4 is 33.3 Å². The fourth-order valence-electron chi connectivity index (χ4n) is 1.63. The van der Waals surface area contributed by atoms with Crippen molar-refractivity contribution in [1.82, 2.24) is 14.8 Å². The molecule has 0 spiro atoms. The Hall–Kier alpha value is -1.20. The van der Waals surface area contributed by atoms with Crippen molar-refractivity contribution in [2.45, 2.75) is 19.9 Å². The first-order chi connectivity index (χ1) is 8.52. The molecule has 0 saturated carbocycles. The van der Waals surface area contributed by atoms with Gasteiger partial charge in [-0.25, -0.2) is 0 Å². The number of nitrogens with zero attached hydrogens (tertiary/aromatic N) is 3. The van der Waals surface area contributed by atoms with Crippen LogP contribution in [-0.4, -0.2) is 20.5 Å². The summed E-state index contributed by atoms with van der Waals surface area (Å²) in [7, 11) is 0. The molecule has 0 aliphatic carbocycles. The fraction of sp³-hybridized carbons (Fsp3) is 0.250. The zero-order valence-corrected chi connectivity index (χ0v) is 12.2. The quantitative estimate of drug-likeness (QED) is 0.810. The van der Waals surface area contributed by atoms with Crippen LogP contribution in [0.25, 0.3) is 0 Å². The molecule has 0 amide bonds. The van der Waals surface area contributed by atoms with Crippen LogP contribution in [0.15, 0.2) is 29.1 Å². The van der Waals surface area contributed by atoms with E-state index in [1.807, 2.05) is 13.8 Å². The third-order valence-electron chi connectivity index (χ3n) is 2.47. The predicted octanol–water partition coefficient (Wildman–Crippen LogP) is 3.51. The number of carbonyl (C=O) groups is 1. The maximum absolute atomic E-state index is 12.5. The number of halogens is 2. The van der Waals surface area contributed by atoms with E-state index in [0.717, 1.165) is 0 Å². The normalized spacial score (nSPS) is 10.9. The van der Waals surface area contributed by atoms with Gasteiger partial charge in [0.1, 0.15) is 5.69 Å². The maximum Gasteiger partial charge on any atom is 0.213 e. The van der Waals surface area contributed by atoms with Crippen molar-refractivity contribution in [2.75, 3.05) is 0 Å². The minimum Gasteiger partial charge on any atom is -0.287 e. The molecule has 0 bridgehead atoms. The second-order valence-corrected chi connectivity index (χ2v) is 5.33. The Morgan fingerprint density at radius 2 is 2.17 bits per heavy atom. The minimum absolute atomic E-state index is 0.0934. The largest absolute Gasteiger partial charge is 0.287 e. The van der Waals surface area contributed by atoms with E-state index < -0.39 is 0 Å². The Bertz CT molecular complexity index is 595. The lowest BCUT2D eigenvalue weighted by atomic mass is 10.1. The molecule has 0 aliphatic heterocycles. The summed E-state index contributed by atoms with van der Waals surface area (Å²) >= 11 is 9.34. The van der Waals surface area contributed by atoms with E-state index >= 15 is 0 Å². The number of aromatic nitrogens is 3. The van der Waals surface area contributed by atoms with Crippen LogP contribution >= 0.6 is 27.5 Å². The Kier molecular flexibility index (Phi) is 3.82. The van der Waals surface area contributed by atoms with Crippen LogP contribution in [0.1, 0.15) is 35.9 Å². The van der Waals surface area contributed by atoms with Crippen molar-refractivity contribution < 1.29 is 4.79 Å². The van der Waals surface area contributed by atoms with Crippen LogP contribution in [-0.2, 0) is 0 Å². The van der Waals surface area contributed by atoms with Gasteiger partial charge in [0.15, 0.2) is 0 Å². The number of hydrogen-bond donors (Lipinski definition) is 0. The summed E-state index contributed by atoms with van der Waals surface area (Å²) in [6.45, 7) is 3.93. The van der Waals surface area contributed by atoms with E-state index in [1.165, 1.54) is 6.20 Å². The fourth-order valence-corrected chi connectivity index (χ4v) is 2.29. The molecule has 0 radical (unpaired) electrons. The van der Waals surface area contributed by atoms with Gasteiger partial charge in [-0.2, -0.15) is 5.10 Å². The smallest absolute Gasteiger partial charge is 0.213 e. The molecule has 0 aliphatic rings. The second kappa shape index (κ2) is 5.20. The lowest BCUT2D eigenvalue weighted by Crippen LogP contribution is -2.14. The summed E-state index contributed by atoms with van der Waals surface area (Å²) in [6.07, 6.45) is 4.62. The summed E-state index contributed by atoms with van der Waals surface area (Å²) in [5.74, 6) is -0.166. The molecule has 4 nitrogen and oxygen atoms in total. The molecule has 2 heterocycles. The number of carbonyl (C=O) groups excluding carboxylic acids is 1. The Morgan fingerprint density at radius 3 is 2.78 bits per heavy atom. The van der Waals surface area contributed by atoms with Crippen molar-refractivity contribution in [1.29, 1.82) is 0 Å². The third-order valence-corrected chi connectivity index (χ3v) is 3.35. The average Bonchev–Trinajstić information content (AvgIpc) is 2.71. The van der Waals surface area contributed by atoms with E-state index in [-0.39, 0.29) is 11.8 Å². The summed E-state index contributed by atoms with van der Waals surface area (Å²) in [5, 5.41) is 4.52. The molecule has 2 rings (SSSR count). The van der Waals surface area contributed by atoms with E-state index in [2.05, 4.69) is 26.0 Å². The average molecular weight is 329 g/mol. The third kappa shape index (κ3) is 2.33. The molecular weight excluding hydrogens is 318 g/mol. The maximum atomic E-state index is 12.5. The Balaban J connectivity index is 2.53. The molecule has 94 valence electrons. The molecule has 0 saturated heterocycles. The van der Waals surface area contributed by atoms with E-state index in [0.29, 0.717) is 20.8 Å². The van der Waals surface area contributed by atoms with Gasteiger partial charge in [-0.1, -0.05) is 11.6 Å². The molecule has 0 aromatic carbocycles. The molecule has 6 heteroatoms. The highest BCUT2D eigenvalue weighted by Gasteiger charge is 2.22. The van der Waals surface area contributed by atoms with E-state index in [1.54, 1.807) is 23.1 Å². The molecule has 2 aromatic rings. The van der Waals surface area contributed by atoms with Crippen molar-refractivity contribution in [3.05, 3.63) is 45.4 Å². The zero-order chi connectivity index (χ0) is 13.3. The standard InChI is InChI=1S/C12H11BrClN3O/c1-7(2)17-11(9(13)5-16-17)12(18)8-3-4-15-6-10(8)14/h3-7H,1-2H3. The van der Waals surface area contributed by atoms with Gasteiger partial charge < -0.3 is 0 Å². The molecule has 18 heavy (non-hydrogen) atoms. The number of rotatable bonds is 3. The number of ketones is 1. The summed E-state index contributed by atoms with van der Waals surface area (Å²) in [4.78, 5) is 16.3. The van der Waals surface area contributed by atoms with Gasteiger partial charge in [-0.15, -0.1) is 0 Å². The number of pyridine rings is 1. The van der Waals surface area contributed by atoms with Crippen molar-refractivity contribution in [3.63, 3.8) is 0 Å². The van der Waals surface area contributed by atoms with Gasteiger partial charge >= 0.3 is 0 Å². The Morgan fingerprint density at radius 1 is 1.44 bits per heavy atom. The predicted molar refractivity (Wildman–Crippen MR) is 73.0 cm³/mol. The minimum atomic E-state index is -0.166. The summed E-state index contributed by atoms with van der Waals surface area (Å²) < 4.78 is 2.33. The van der Waals surface area contributed by atoms with Crippen LogP contribution < -0.4 is 0 Å². The monoisotopic (exact) mass is 327 g/mol. The van der Waals surface area contributed by atoms with E-state index in [4.69, 9.17) is 11.6 Å². The molecule has 0 fully saturated rings. The molecule has 0 atom stereocenters. The highest BCUT2D eigenvalue weighted by atomic mass is 79.9. The highest BCUT2D eigenvalue weighted by molar-refractivity contribution is 9.10. The zero-order valence-electron chi connectivity index (χ0n) is 9.89. The molecular formula is C12H11BrClN3O. The van der Waals surface area contributed by atoms with Gasteiger partial charge in [-0.3, -0.25) is 14.5 Å². The van der Waals surface area contributed by atoms with Crippen LogP contribution in [0, 0.1) is 0 Å². The van der Waals surface area contributed by atoms with Gasteiger partial charge in [0.2, 0.25) is 5.78 Å². The first-order valence-electron chi connectivity index (χ1n) is 5.39. The van der Waals surface area contributed by atoms with Gasteiger partial charge in [-0.05, 0) is 35.8 Å². The van der Waals surface area contributed by atoms with Crippen LogP contribution in [0.3, 0.4) is 0 Å². The first kappa shape index (κ1) is 13.2. The lowest BCUT2D eigenvalue weighted by Gasteiger charge is -2.11. The van der Waals surface area contributed by atoms with Crippen LogP contribution in [0.2, 0.25) is 5.02 Å². The van der Waals surface area contributed by atoms with Crippen molar-refractivity contribution in [2.24, 2.45) is 0 Å². The molecule has 0 N–H and O–H groups in total. The topological polar surface area (TPSA) is 47.8 Å². The van der Waals surface area contributed by atoms with Crippen LogP contribution in [0.4, 0.5) is 0 Å².